The first-order chi connectivity index (χ1) is 12.4. The molecule has 2 rings (SSSR count). The fraction of sp³-hybridized carbons (Fsp3) is 0.211. The number of rotatable bonds is 4. The van der Waals surface area contributed by atoms with Crippen molar-refractivity contribution >= 4 is 11.8 Å². The highest BCUT2D eigenvalue weighted by Gasteiger charge is 2.25. The Morgan fingerprint density at radius 3 is 2.23 bits per heavy atom. The van der Waals surface area contributed by atoms with E-state index < -0.39 is 24.0 Å². The van der Waals surface area contributed by atoms with Crippen LogP contribution in [-0.4, -0.2) is 39.3 Å². The monoisotopic (exact) mass is 353 g/mol. The molecule has 26 heavy (non-hydrogen) atoms. The van der Waals surface area contributed by atoms with Crippen LogP contribution in [0.2, 0.25) is 0 Å². The molecule has 0 aliphatic heterocycles. The molecule has 1 aromatic carbocycles. The molecule has 1 heterocycles. The molecule has 1 aromatic heterocycles. The van der Waals surface area contributed by atoms with Gasteiger partial charge in [-0.25, -0.2) is 5.48 Å². The molecule has 7 nitrogen and oxygen atoms in total. The Kier molecular flexibility index (Phi) is 6.44. The maximum absolute atomic E-state index is 12.2. The van der Waals surface area contributed by atoms with E-state index in [0.717, 1.165) is 11.3 Å². The number of hydrogen-bond acceptors (Lipinski definition) is 5. The zero-order chi connectivity index (χ0) is 19.1. The van der Waals surface area contributed by atoms with Gasteiger partial charge in [0.15, 0.2) is 0 Å². The van der Waals surface area contributed by atoms with E-state index in [2.05, 4.69) is 22.1 Å². The highest BCUT2D eigenvalue weighted by molar-refractivity contribution is 5.97. The van der Waals surface area contributed by atoms with Crippen LogP contribution in [0.3, 0.4) is 0 Å². The van der Waals surface area contributed by atoms with Gasteiger partial charge in [0.05, 0.1) is 6.10 Å². The molecule has 0 fully saturated rings. The second-order valence-corrected chi connectivity index (χ2v) is 5.68. The first-order valence-corrected chi connectivity index (χ1v) is 7.88. The lowest BCUT2D eigenvalue weighted by molar-refractivity contribution is -0.133. The van der Waals surface area contributed by atoms with Crippen LogP contribution in [0.4, 0.5) is 0 Å². The SMILES string of the molecule is Cc1ccc(C#Cc2ccc(C(=O)N[C@H](C(=O)NO)[C@@H](C)O)cc2)cn1. The second-order valence-electron chi connectivity index (χ2n) is 5.68. The number of nitrogens with one attached hydrogen (secondary N) is 2. The molecule has 0 aliphatic rings. The van der Waals surface area contributed by atoms with Crippen molar-refractivity contribution in [3.05, 3.63) is 65.0 Å². The fourth-order valence-electron chi connectivity index (χ4n) is 2.09. The van der Waals surface area contributed by atoms with Gasteiger partial charge in [0.2, 0.25) is 0 Å². The summed E-state index contributed by atoms with van der Waals surface area (Å²) in [6.45, 7) is 3.23. The number of aliphatic hydroxyl groups is 1. The summed E-state index contributed by atoms with van der Waals surface area (Å²) in [4.78, 5) is 27.8. The van der Waals surface area contributed by atoms with Gasteiger partial charge in [-0.05, 0) is 50.2 Å². The Labute approximate surface area is 151 Å². The van der Waals surface area contributed by atoms with Gasteiger partial charge in [-0.3, -0.25) is 19.8 Å². The highest BCUT2D eigenvalue weighted by Crippen LogP contribution is 2.06. The van der Waals surface area contributed by atoms with Crippen LogP contribution in [0, 0.1) is 18.8 Å². The van der Waals surface area contributed by atoms with E-state index in [1.54, 1.807) is 30.5 Å². The molecule has 0 spiro atoms. The van der Waals surface area contributed by atoms with E-state index in [9.17, 15) is 14.7 Å². The number of pyridine rings is 1. The maximum atomic E-state index is 12.2. The van der Waals surface area contributed by atoms with Crippen molar-refractivity contribution in [1.82, 2.24) is 15.8 Å². The lowest BCUT2D eigenvalue weighted by atomic mass is 10.1. The lowest BCUT2D eigenvalue weighted by Crippen LogP contribution is -2.51. The van der Waals surface area contributed by atoms with Crippen molar-refractivity contribution in [2.24, 2.45) is 0 Å². The van der Waals surface area contributed by atoms with Crippen molar-refractivity contribution in [3.8, 4) is 11.8 Å². The van der Waals surface area contributed by atoms with Gasteiger partial charge < -0.3 is 10.4 Å². The van der Waals surface area contributed by atoms with E-state index in [4.69, 9.17) is 5.21 Å². The zero-order valence-corrected chi connectivity index (χ0v) is 14.4. The number of carbonyl (C=O) groups is 2. The number of hydrogen-bond donors (Lipinski definition) is 4. The number of aryl methyl sites for hydroxylation is 1. The molecule has 2 amide bonds. The molecule has 7 heteroatoms. The first kappa shape index (κ1) is 19.1. The molecule has 2 aromatic rings. The normalized spacial score (nSPS) is 12.3. The molecule has 0 saturated carbocycles. The van der Waals surface area contributed by atoms with E-state index in [-0.39, 0.29) is 0 Å². The minimum atomic E-state index is -1.26. The highest BCUT2D eigenvalue weighted by atomic mass is 16.5. The van der Waals surface area contributed by atoms with Gasteiger partial charge in [-0.15, -0.1) is 0 Å². The summed E-state index contributed by atoms with van der Waals surface area (Å²) >= 11 is 0. The number of hydroxylamine groups is 1. The summed E-state index contributed by atoms with van der Waals surface area (Å²) in [6.07, 6.45) is 0.520. The van der Waals surface area contributed by atoms with Gasteiger partial charge in [-0.1, -0.05) is 11.8 Å². The van der Waals surface area contributed by atoms with Crippen LogP contribution in [0.1, 0.15) is 34.1 Å². The summed E-state index contributed by atoms with van der Waals surface area (Å²) in [5.74, 6) is 4.50. The maximum Gasteiger partial charge on any atom is 0.268 e. The topological polar surface area (TPSA) is 112 Å². The Morgan fingerprint density at radius 2 is 1.69 bits per heavy atom. The first-order valence-electron chi connectivity index (χ1n) is 7.88. The number of amides is 2. The smallest absolute Gasteiger partial charge is 0.268 e. The van der Waals surface area contributed by atoms with Crippen LogP contribution in [0.5, 0.6) is 0 Å². The minimum absolute atomic E-state index is 0.295. The van der Waals surface area contributed by atoms with Crippen molar-refractivity contribution in [2.75, 3.05) is 0 Å². The quantitative estimate of drug-likeness (QED) is 0.369. The number of benzene rings is 1. The third kappa shape index (κ3) is 5.14. The lowest BCUT2D eigenvalue weighted by Gasteiger charge is -2.19. The van der Waals surface area contributed by atoms with E-state index in [1.165, 1.54) is 12.4 Å². The number of nitrogens with zero attached hydrogens (tertiary/aromatic N) is 1. The molecule has 0 radical (unpaired) electrons. The average molecular weight is 353 g/mol. The summed E-state index contributed by atoms with van der Waals surface area (Å²) in [5.41, 5.74) is 4.11. The Morgan fingerprint density at radius 1 is 1.08 bits per heavy atom. The van der Waals surface area contributed by atoms with E-state index in [1.807, 2.05) is 19.1 Å². The third-order valence-corrected chi connectivity index (χ3v) is 3.57. The second kappa shape index (κ2) is 8.76. The van der Waals surface area contributed by atoms with Crippen molar-refractivity contribution < 1.29 is 19.9 Å². The molecule has 4 N–H and O–H groups in total. The van der Waals surface area contributed by atoms with Crippen LogP contribution < -0.4 is 10.8 Å². The largest absolute Gasteiger partial charge is 0.391 e. The fourth-order valence-corrected chi connectivity index (χ4v) is 2.09. The average Bonchev–Trinajstić information content (AvgIpc) is 2.65. The molecule has 2 atom stereocenters. The standard InChI is InChI=1S/C19H19N3O4/c1-12-3-4-15(11-20-12)6-5-14-7-9-16(10-8-14)18(24)21-17(13(2)23)19(25)22-26/h3-4,7-11,13,17,23,26H,1-2H3,(H,21,24)(H,22,25)/t13-,17+/m1/s1. The minimum Gasteiger partial charge on any atom is -0.391 e. The van der Waals surface area contributed by atoms with Gasteiger partial charge in [0.1, 0.15) is 6.04 Å². The zero-order valence-electron chi connectivity index (χ0n) is 14.4. The molecular formula is C19H19N3O4. The van der Waals surface area contributed by atoms with Crippen LogP contribution in [0.25, 0.3) is 0 Å². The van der Waals surface area contributed by atoms with Gasteiger partial charge >= 0.3 is 0 Å². The number of carbonyl (C=O) groups excluding carboxylic acids is 2. The van der Waals surface area contributed by atoms with Crippen LogP contribution in [0.15, 0.2) is 42.6 Å². The molecule has 0 aliphatic carbocycles. The van der Waals surface area contributed by atoms with E-state index >= 15 is 0 Å². The predicted octanol–water partition coefficient (Wildman–Crippen LogP) is 0.774. The van der Waals surface area contributed by atoms with Gasteiger partial charge in [-0.2, -0.15) is 0 Å². The molecule has 0 unspecified atom stereocenters. The van der Waals surface area contributed by atoms with Crippen molar-refractivity contribution in [1.29, 1.82) is 0 Å². The van der Waals surface area contributed by atoms with E-state index in [0.29, 0.717) is 11.1 Å². The molecule has 0 bridgehead atoms. The van der Waals surface area contributed by atoms with Crippen LogP contribution in [-0.2, 0) is 4.79 Å². The van der Waals surface area contributed by atoms with Gasteiger partial charge in [0.25, 0.3) is 11.8 Å². The Balaban J connectivity index is 2.08. The molecule has 134 valence electrons. The van der Waals surface area contributed by atoms with Crippen molar-refractivity contribution in [3.63, 3.8) is 0 Å². The molecular weight excluding hydrogens is 334 g/mol. The van der Waals surface area contributed by atoms with Crippen molar-refractivity contribution in [2.45, 2.75) is 26.0 Å². The summed E-state index contributed by atoms with van der Waals surface area (Å²) < 4.78 is 0. The van der Waals surface area contributed by atoms with Gasteiger partial charge in [0, 0.05) is 28.6 Å². The summed E-state index contributed by atoms with van der Waals surface area (Å²) in [6, 6.07) is 8.95. The summed E-state index contributed by atoms with van der Waals surface area (Å²) in [7, 11) is 0. The number of aliphatic hydroxyl groups excluding tert-OH is 1. The molecule has 0 saturated heterocycles. The third-order valence-electron chi connectivity index (χ3n) is 3.57. The predicted molar refractivity (Wildman–Crippen MR) is 94.3 cm³/mol. The Bertz CT molecular complexity index is 834. The summed E-state index contributed by atoms with van der Waals surface area (Å²) in [5, 5.41) is 20.6. The number of aromatic nitrogens is 1. The Hall–Kier alpha value is -3.21. The van der Waals surface area contributed by atoms with Crippen LogP contribution >= 0.6 is 0 Å².